The van der Waals surface area contributed by atoms with Crippen LogP contribution in [-0.4, -0.2) is 36.1 Å². The number of hydrogen-bond donors (Lipinski definition) is 3. The van der Waals surface area contributed by atoms with E-state index in [1.807, 2.05) is 0 Å². The van der Waals surface area contributed by atoms with E-state index in [0.717, 1.165) is 13.1 Å². The van der Waals surface area contributed by atoms with Crippen molar-refractivity contribution < 1.29 is 27.5 Å². The van der Waals surface area contributed by atoms with Gasteiger partial charge in [-0.25, -0.2) is 0 Å². The fraction of sp³-hybridized carbons (Fsp3) is 1.00. The maximum absolute atomic E-state index is 9.03. The highest BCUT2D eigenvalue weighted by Gasteiger charge is 2.30. The third kappa shape index (κ3) is 2.84. The molecule has 1 heterocycles. The molecule has 4 heteroatoms. The van der Waals surface area contributed by atoms with Crippen LogP contribution in [0.15, 0.2) is 0 Å². The van der Waals surface area contributed by atoms with Gasteiger partial charge in [-0.15, -0.1) is 0 Å². The Kier molecular flexibility index (Phi) is 3.59. The van der Waals surface area contributed by atoms with E-state index >= 15 is 0 Å². The molecular formula is C6H14ClNO2. The summed E-state index contributed by atoms with van der Waals surface area (Å²) in [5.74, 6) is -1.36. The molecule has 0 radical (unpaired) electrons. The molecule has 3 N–H and O–H groups in total. The number of aliphatic hydroxyl groups is 2. The molecule has 1 saturated heterocycles. The fourth-order valence-corrected chi connectivity index (χ4v) is 1.08. The molecule has 3 nitrogen and oxygen atoms in total. The van der Waals surface area contributed by atoms with E-state index in [4.69, 9.17) is 10.2 Å². The summed E-state index contributed by atoms with van der Waals surface area (Å²) in [5, 5.41) is 18.1. The third-order valence-corrected chi connectivity index (χ3v) is 1.90. The summed E-state index contributed by atoms with van der Waals surface area (Å²) in [4.78, 5) is 1.38. The molecule has 0 aromatic heterocycles. The van der Waals surface area contributed by atoms with Crippen LogP contribution in [0.25, 0.3) is 0 Å². The summed E-state index contributed by atoms with van der Waals surface area (Å²) in [6, 6.07) is 0. The SMILES string of the molecule is C[NH+]1CCC(O)(O)CC1.[Cl-]. The molecule has 62 valence electrons. The third-order valence-electron chi connectivity index (χ3n) is 1.90. The van der Waals surface area contributed by atoms with Gasteiger partial charge in [0, 0.05) is 0 Å². The van der Waals surface area contributed by atoms with Gasteiger partial charge in [-0.05, 0) is 0 Å². The van der Waals surface area contributed by atoms with Crippen molar-refractivity contribution >= 4 is 0 Å². The average molecular weight is 168 g/mol. The van der Waals surface area contributed by atoms with Crippen molar-refractivity contribution in [1.29, 1.82) is 0 Å². The van der Waals surface area contributed by atoms with Gasteiger partial charge in [0.05, 0.1) is 33.0 Å². The molecule has 0 atom stereocenters. The van der Waals surface area contributed by atoms with Crippen LogP contribution < -0.4 is 17.3 Å². The fourth-order valence-electron chi connectivity index (χ4n) is 1.08. The van der Waals surface area contributed by atoms with Crippen LogP contribution in [-0.2, 0) is 0 Å². The second kappa shape index (κ2) is 3.53. The van der Waals surface area contributed by atoms with Gasteiger partial charge in [0.15, 0.2) is 5.79 Å². The van der Waals surface area contributed by atoms with E-state index in [-0.39, 0.29) is 12.4 Å². The normalized spacial score (nSPS) is 25.5. The molecule has 1 rings (SSSR count). The van der Waals surface area contributed by atoms with Crippen molar-refractivity contribution in [2.45, 2.75) is 18.6 Å². The van der Waals surface area contributed by atoms with E-state index in [9.17, 15) is 0 Å². The Morgan fingerprint density at radius 2 is 1.60 bits per heavy atom. The van der Waals surface area contributed by atoms with E-state index in [0.29, 0.717) is 12.8 Å². The van der Waals surface area contributed by atoms with Gasteiger partial charge >= 0.3 is 0 Å². The van der Waals surface area contributed by atoms with E-state index < -0.39 is 5.79 Å². The molecule has 0 spiro atoms. The molecule has 1 fully saturated rings. The van der Waals surface area contributed by atoms with Crippen LogP contribution in [0.4, 0.5) is 0 Å². The van der Waals surface area contributed by atoms with Crippen LogP contribution in [0.2, 0.25) is 0 Å². The zero-order valence-electron chi connectivity index (χ0n) is 6.10. The molecule has 0 amide bonds. The number of piperidine rings is 1. The second-order valence-electron chi connectivity index (χ2n) is 2.94. The van der Waals surface area contributed by atoms with Crippen molar-refractivity contribution in [2.75, 3.05) is 20.1 Å². The average Bonchev–Trinajstić information content (AvgIpc) is 1.78. The first kappa shape index (κ1) is 10.2. The molecule has 0 aromatic rings. The Hall–Kier alpha value is 0.170. The smallest absolute Gasteiger partial charge is 0.173 e. The van der Waals surface area contributed by atoms with Crippen LogP contribution in [0.3, 0.4) is 0 Å². The van der Waals surface area contributed by atoms with Gasteiger partial charge < -0.3 is 27.5 Å². The predicted molar refractivity (Wildman–Crippen MR) is 33.0 cm³/mol. The minimum Gasteiger partial charge on any atom is -1.00 e. The lowest BCUT2D eigenvalue weighted by molar-refractivity contribution is -0.889. The Balaban J connectivity index is 0.000000810. The molecule has 0 saturated carbocycles. The lowest BCUT2D eigenvalue weighted by Gasteiger charge is -2.29. The Morgan fingerprint density at radius 1 is 1.20 bits per heavy atom. The van der Waals surface area contributed by atoms with Gasteiger partial charge in [-0.2, -0.15) is 0 Å². The van der Waals surface area contributed by atoms with Crippen LogP contribution in [0.5, 0.6) is 0 Å². The van der Waals surface area contributed by atoms with Crippen LogP contribution in [0.1, 0.15) is 12.8 Å². The quantitative estimate of drug-likeness (QED) is 0.317. The zero-order chi connectivity index (χ0) is 6.91. The lowest BCUT2D eigenvalue weighted by Crippen LogP contribution is -3.10. The lowest BCUT2D eigenvalue weighted by atomic mass is 10.1. The highest BCUT2D eigenvalue weighted by Crippen LogP contribution is 2.10. The molecule has 0 aliphatic carbocycles. The first-order chi connectivity index (χ1) is 4.10. The van der Waals surface area contributed by atoms with Gasteiger partial charge in [0.1, 0.15) is 0 Å². The van der Waals surface area contributed by atoms with Crippen molar-refractivity contribution in [3.63, 3.8) is 0 Å². The van der Waals surface area contributed by atoms with E-state index in [1.54, 1.807) is 0 Å². The molecule has 0 unspecified atom stereocenters. The van der Waals surface area contributed by atoms with Crippen LogP contribution >= 0.6 is 0 Å². The summed E-state index contributed by atoms with van der Waals surface area (Å²) in [6.07, 6.45) is 1.03. The minimum atomic E-state index is -1.36. The number of likely N-dealkylation sites (tertiary alicyclic amines) is 1. The summed E-state index contributed by atoms with van der Waals surface area (Å²) in [5.41, 5.74) is 0. The summed E-state index contributed by atoms with van der Waals surface area (Å²) >= 11 is 0. The molecule has 1 aliphatic heterocycles. The molecular weight excluding hydrogens is 154 g/mol. The molecule has 1 aliphatic rings. The minimum absolute atomic E-state index is 0. The largest absolute Gasteiger partial charge is 1.00 e. The zero-order valence-corrected chi connectivity index (χ0v) is 6.86. The standard InChI is InChI=1S/C6H13NO2.ClH/c1-7-4-2-6(8,9)3-5-7;/h8-9H,2-5H2,1H3;1H. The number of hydrogen-bond acceptors (Lipinski definition) is 2. The van der Waals surface area contributed by atoms with Gasteiger partial charge in [-0.1, -0.05) is 0 Å². The number of halogens is 1. The number of rotatable bonds is 0. The highest BCUT2D eigenvalue weighted by atomic mass is 35.5. The van der Waals surface area contributed by atoms with E-state index in [2.05, 4.69) is 7.05 Å². The maximum Gasteiger partial charge on any atom is 0.173 e. The highest BCUT2D eigenvalue weighted by molar-refractivity contribution is 4.65. The first-order valence-corrected chi connectivity index (χ1v) is 3.36. The van der Waals surface area contributed by atoms with Crippen molar-refractivity contribution in [1.82, 2.24) is 0 Å². The van der Waals surface area contributed by atoms with Crippen molar-refractivity contribution in [3.05, 3.63) is 0 Å². The van der Waals surface area contributed by atoms with Crippen molar-refractivity contribution in [2.24, 2.45) is 0 Å². The monoisotopic (exact) mass is 167 g/mol. The maximum atomic E-state index is 9.03. The first-order valence-electron chi connectivity index (χ1n) is 3.36. The Labute approximate surface area is 67.1 Å². The summed E-state index contributed by atoms with van der Waals surface area (Å²) in [6.45, 7) is 1.74. The topological polar surface area (TPSA) is 44.9 Å². The second-order valence-corrected chi connectivity index (χ2v) is 2.94. The molecule has 0 aromatic carbocycles. The number of nitrogens with one attached hydrogen (secondary N) is 1. The van der Waals surface area contributed by atoms with Gasteiger partial charge in [-0.3, -0.25) is 0 Å². The Morgan fingerprint density at radius 3 is 1.90 bits per heavy atom. The summed E-state index contributed by atoms with van der Waals surface area (Å²) in [7, 11) is 2.06. The molecule has 10 heavy (non-hydrogen) atoms. The Bertz CT molecular complexity index is 97.9. The van der Waals surface area contributed by atoms with E-state index in [1.165, 1.54) is 4.90 Å². The van der Waals surface area contributed by atoms with Gasteiger partial charge in [0.2, 0.25) is 0 Å². The predicted octanol–water partition coefficient (Wildman–Crippen LogP) is -5.02. The van der Waals surface area contributed by atoms with Crippen LogP contribution in [0, 0.1) is 0 Å². The van der Waals surface area contributed by atoms with Crippen molar-refractivity contribution in [3.8, 4) is 0 Å². The number of quaternary nitrogens is 1. The summed E-state index contributed by atoms with van der Waals surface area (Å²) < 4.78 is 0. The van der Waals surface area contributed by atoms with Gasteiger partial charge in [0.25, 0.3) is 0 Å². The molecule has 0 bridgehead atoms.